The summed E-state index contributed by atoms with van der Waals surface area (Å²) in [6.45, 7) is 0. The maximum atomic E-state index is 13.7. The molecule has 0 N–H and O–H groups in total. The Balaban J connectivity index is 2.54. The number of halogens is 1. The zero-order chi connectivity index (χ0) is 9.97. The molecule has 0 bridgehead atoms. The molecule has 0 aliphatic heterocycles. The van der Waals surface area contributed by atoms with Crippen LogP contribution in [0.25, 0.3) is 11.1 Å². The summed E-state index contributed by atoms with van der Waals surface area (Å²) in [6.07, 6.45) is 3.01. The normalized spacial score (nSPS) is 10.1. The van der Waals surface area contributed by atoms with Gasteiger partial charge in [-0.3, -0.25) is 0 Å². The Labute approximate surface area is 80.9 Å². The van der Waals surface area contributed by atoms with Crippen molar-refractivity contribution in [2.24, 2.45) is 0 Å². The largest absolute Gasteiger partial charge is 0.494 e. The first-order valence-corrected chi connectivity index (χ1v) is 4.18. The summed E-state index contributed by atoms with van der Waals surface area (Å²) in [4.78, 5) is 0. The van der Waals surface area contributed by atoms with Gasteiger partial charge >= 0.3 is 0 Å². The fourth-order valence-electron chi connectivity index (χ4n) is 1.31. The summed E-state index contributed by atoms with van der Waals surface area (Å²) >= 11 is 0. The quantitative estimate of drug-likeness (QED) is 0.729. The number of hydrogen-bond acceptors (Lipinski definition) is 2. The predicted octanol–water partition coefficient (Wildman–Crippen LogP) is 3.09. The molecule has 2 aromatic rings. The molecule has 3 heteroatoms. The van der Waals surface area contributed by atoms with Gasteiger partial charge in [-0.1, -0.05) is 12.1 Å². The molecule has 1 aromatic heterocycles. The minimum absolute atomic E-state index is 0.240. The van der Waals surface area contributed by atoms with E-state index in [1.165, 1.54) is 19.6 Å². The van der Waals surface area contributed by atoms with Crippen molar-refractivity contribution in [1.82, 2.24) is 0 Å². The molecular formula is C11H9FO2. The van der Waals surface area contributed by atoms with Crippen LogP contribution in [0.4, 0.5) is 4.39 Å². The average molecular weight is 192 g/mol. The van der Waals surface area contributed by atoms with Gasteiger partial charge in [0.05, 0.1) is 19.6 Å². The molecule has 2 rings (SSSR count). The van der Waals surface area contributed by atoms with E-state index in [0.717, 1.165) is 0 Å². The third kappa shape index (κ3) is 1.37. The minimum Gasteiger partial charge on any atom is -0.494 e. The van der Waals surface area contributed by atoms with Crippen molar-refractivity contribution in [2.45, 2.75) is 0 Å². The molecule has 0 aliphatic rings. The second kappa shape index (κ2) is 3.54. The molecule has 1 aromatic carbocycles. The zero-order valence-electron chi connectivity index (χ0n) is 7.66. The van der Waals surface area contributed by atoms with Crippen LogP contribution in [0, 0.1) is 5.82 Å². The van der Waals surface area contributed by atoms with E-state index in [9.17, 15) is 4.39 Å². The highest BCUT2D eigenvalue weighted by molar-refractivity contribution is 5.64. The van der Waals surface area contributed by atoms with Gasteiger partial charge in [-0.25, -0.2) is 4.39 Å². The van der Waals surface area contributed by atoms with Crippen LogP contribution in [0.5, 0.6) is 5.75 Å². The molecule has 0 fully saturated rings. The Bertz CT molecular complexity index is 421. The van der Waals surface area contributed by atoms with Crippen molar-refractivity contribution in [3.05, 3.63) is 42.6 Å². The first kappa shape index (κ1) is 8.81. The van der Waals surface area contributed by atoms with E-state index in [4.69, 9.17) is 9.15 Å². The fraction of sp³-hybridized carbons (Fsp3) is 0.0909. The smallest absolute Gasteiger partial charge is 0.172 e. The Morgan fingerprint density at radius 3 is 2.79 bits per heavy atom. The second-order valence-electron chi connectivity index (χ2n) is 2.83. The number of hydrogen-bond donors (Lipinski definition) is 0. The average Bonchev–Trinajstić information content (AvgIpc) is 2.71. The van der Waals surface area contributed by atoms with Crippen LogP contribution in [-0.4, -0.2) is 7.11 Å². The lowest BCUT2D eigenvalue weighted by Gasteiger charge is -2.04. The SMILES string of the molecule is COc1cccc(-c2ccoc2)c1F. The lowest BCUT2D eigenvalue weighted by atomic mass is 10.1. The molecule has 2 nitrogen and oxygen atoms in total. The number of benzene rings is 1. The maximum Gasteiger partial charge on any atom is 0.172 e. The minimum atomic E-state index is -0.364. The summed E-state index contributed by atoms with van der Waals surface area (Å²) in [5, 5.41) is 0. The molecule has 0 unspecified atom stereocenters. The number of methoxy groups -OCH3 is 1. The summed E-state index contributed by atoms with van der Waals surface area (Å²) in [5.41, 5.74) is 1.19. The van der Waals surface area contributed by atoms with Crippen molar-refractivity contribution in [1.29, 1.82) is 0 Å². The van der Waals surface area contributed by atoms with Crippen LogP contribution in [0.1, 0.15) is 0 Å². The van der Waals surface area contributed by atoms with E-state index < -0.39 is 0 Å². The van der Waals surface area contributed by atoms with Gasteiger partial charge in [-0.05, 0) is 12.1 Å². The summed E-state index contributed by atoms with van der Waals surface area (Å²) in [5.74, 6) is -0.125. The maximum absolute atomic E-state index is 13.7. The van der Waals surface area contributed by atoms with E-state index in [0.29, 0.717) is 11.1 Å². The Morgan fingerprint density at radius 2 is 2.14 bits per heavy atom. The molecular weight excluding hydrogens is 183 g/mol. The van der Waals surface area contributed by atoms with Gasteiger partial charge in [-0.2, -0.15) is 0 Å². The van der Waals surface area contributed by atoms with Crippen molar-refractivity contribution in [3.63, 3.8) is 0 Å². The van der Waals surface area contributed by atoms with E-state index in [-0.39, 0.29) is 11.6 Å². The highest BCUT2D eigenvalue weighted by Crippen LogP contribution is 2.28. The lowest BCUT2D eigenvalue weighted by Crippen LogP contribution is -1.89. The van der Waals surface area contributed by atoms with Gasteiger partial charge in [0.25, 0.3) is 0 Å². The molecule has 72 valence electrons. The van der Waals surface area contributed by atoms with Crippen molar-refractivity contribution >= 4 is 0 Å². The molecule has 0 spiro atoms. The summed E-state index contributed by atoms with van der Waals surface area (Å²) in [6, 6.07) is 6.71. The third-order valence-corrected chi connectivity index (χ3v) is 2.02. The predicted molar refractivity (Wildman–Crippen MR) is 50.7 cm³/mol. The number of ether oxygens (including phenoxy) is 1. The van der Waals surface area contributed by atoms with Crippen molar-refractivity contribution in [2.75, 3.05) is 7.11 Å². The standard InChI is InChI=1S/C11H9FO2/c1-13-10-4-2-3-9(11(10)12)8-5-6-14-7-8/h2-7H,1H3. The third-order valence-electron chi connectivity index (χ3n) is 2.02. The van der Waals surface area contributed by atoms with Gasteiger partial charge in [-0.15, -0.1) is 0 Å². The monoisotopic (exact) mass is 192 g/mol. The van der Waals surface area contributed by atoms with Crippen molar-refractivity contribution in [3.8, 4) is 16.9 Å². The topological polar surface area (TPSA) is 22.4 Å². The van der Waals surface area contributed by atoms with Crippen LogP contribution >= 0.6 is 0 Å². The number of rotatable bonds is 2. The zero-order valence-corrected chi connectivity index (χ0v) is 7.66. The summed E-state index contributed by atoms with van der Waals surface area (Å²) < 4.78 is 23.4. The van der Waals surface area contributed by atoms with E-state index in [2.05, 4.69) is 0 Å². The van der Waals surface area contributed by atoms with Gasteiger partial charge < -0.3 is 9.15 Å². The molecule has 0 amide bonds. The van der Waals surface area contributed by atoms with Crippen LogP contribution in [-0.2, 0) is 0 Å². The Morgan fingerprint density at radius 1 is 1.29 bits per heavy atom. The number of furan rings is 1. The Hall–Kier alpha value is -1.77. The first-order chi connectivity index (χ1) is 6.83. The molecule has 14 heavy (non-hydrogen) atoms. The molecule has 1 heterocycles. The highest BCUT2D eigenvalue weighted by atomic mass is 19.1. The van der Waals surface area contributed by atoms with Crippen LogP contribution < -0.4 is 4.74 Å². The lowest BCUT2D eigenvalue weighted by molar-refractivity contribution is 0.387. The highest BCUT2D eigenvalue weighted by Gasteiger charge is 2.10. The van der Waals surface area contributed by atoms with Gasteiger partial charge in [0.1, 0.15) is 0 Å². The molecule has 0 saturated heterocycles. The van der Waals surface area contributed by atoms with Crippen LogP contribution in [0.3, 0.4) is 0 Å². The first-order valence-electron chi connectivity index (χ1n) is 4.18. The molecule has 0 radical (unpaired) electrons. The van der Waals surface area contributed by atoms with Crippen molar-refractivity contribution < 1.29 is 13.5 Å². The van der Waals surface area contributed by atoms with Gasteiger partial charge in [0.2, 0.25) is 0 Å². The molecule has 0 atom stereocenters. The fourth-order valence-corrected chi connectivity index (χ4v) is 1.31. The van der Waals surface area contributed by atoms with E-state index >= 15 is 0 Å². The summed E-state index contributed by atoms with van der Waals surface area (Å²) in [7, 11) is 1.44. The molecule has 0 aliphatic carbocycles. The van der Waals surface area contributed by atoms with Crippen LogP contribution in [0.15, 0.2) is 41.2 Å². The van der Waals surface area contributed by atoms with E-state index in [1.807, 2.05) is 0 Å². The molecule has 0 saturated carbocycles. The van der Waals surface area contributed by atoms with Gasteiger partial charge in [0, 0.05) is 11.1 Å². The second-order valence-corrected chi connectivity index (χ2v) is 2.83. The van der Waals surface area contributed by atoms with E-state index in [1.54, 1.807) is 24.3 Å². The van der Waals surface area contributed by atoms with Gasteiger partial charge in [0.15, 0.2) is 11.6 Å². The van der Waals surface area contributed by atoms with Crippen LogP contribution in [0.2, 0.25) is 0 Å². The Kier molecular flexibility index (Phi) is 2.23.